The SMILES string of the molecule is Cc1ccc(N2C(=O)C3C(c4ccccc4O)NC(C(=O)O)(c4ccccc4)C3C2=O)cc1Cl. The standard InChI is InChI=1S/C26H21ClN2O5/c1-14-11-12-16(13-18(14)27)29-23(31)20-21(24(29)32)26(25(33)34,15-7-3-2-4-8-15)28-22(20)17-9-5-6-10-19(17)30/h2-13,20-22,28,30H,1H3,(H,33,34). The number of anilines is 1. The van der Waals surface area contributed by atoms with E-state index in [0.717, 1.165) is 10.5 Å². The van der Waals surface area contributed by atoms with Crippen LogP contribution in [-0.4, -0.2) is 28.0 Å². The van der Waals surface area contributed by atoms with Gasteiger partial charge in [-0.05, 0) is 36.2 Å². The van der Waals surface area contributed by atoms with Crippen molar-refractivity contribution in [1.82, 2.24) is 5.32 Å². The van der Waals surface area contributed by atoms with Crippen LogP contribution in [0, 0.1) is 18.8 Å². The molecule has 2 fully saturated rings. The Hall–Kier alpha value is -3.68. The number of fused-ring (bicyclic) bond motifs is 1. The third kappa shape index (κ3) is 3.04. The van der Waals surface area contributed by atoms with E-state index < -0.39 is 41.2 Å². The van der Waals surface area contributed by atoms with Crippen molar-refractivity contribution in [3.05, 3.63) is 94.5 Å². The lowest BCUT2D eigenvalue weighted by Crippen LogP contribution is -2.53. The number of phenolic OH excluding ortho intramolecular Hbond substituents is 1. The summed E-state index contributed by atoms with van der Waals surface area (Å²) in [6.45, 7) is 1.80. The van der Waals surface area contributed by atoms with E-state index in [1.807, 2.05) is 0 Å². The molecule has 34 heavy (non-hydrogen) atoms. The van der Waals surface area contributed by atoms with Crippen LogP contribution in [-0.2, 0) is 19.9 Å². The van der Waals surface area contributed by atoms with E-state index in [0.29, 0.717) is 16.1 Å². The highest BCUT2D eigenvalue weighted by Crippen LogP contribution is 2.54. The predicted molar refractivity (Wildman–Crippen MR) is 125 cm³/mol. The number of nitrogens with zero attached hydrogens (tertiary/aromatic N) is 1. The maximum atomic E-state index is 13.8. The molecule has 0 radical (unpaired) electrons. The molecule has 3 aromatic carbocycles. The number of imide groups is 1. The third-order valence-corrected chi connectivity index (χ3v) is 7.22. The Bertz CT molecular complexity index is 1330. The first-order chi connectivity index (χ1) is 16.3. The quantitative estimate of drug-likeness (QED) is 0.495. The Morgan fingerprint density at radius 1 is 1.00 bits per heavy atom. The van der Waals surface area contributed by atoms with Crippen molar-refractivity contribution >= 4 is 35.1 Å². The molecule has 0 spiro atoms. The molecular weight excluding hydrogens is 456 g/mol. The summed E-state index contributed by atoms with van der Waals surface area (Å²) in [5.41, 5.74) is -0.123. The normalized spacial score (nSPS) is 26.1. The van der Waals surface area contributed by atoms with E-state index in [9.17, 15) is 24.6 Å². The Morgan fingerprint density at radius 3 is 2.32 bits per heavy atom. The van der Waals surface area contributed by atoms with Crippen LogP contribution in [0.25, 0.3) is 0 Å². The summed E-state index contributed by atoms with van der Waals surface area (Å²) < 4.78 is 0. The fourth-order valence-electron chi connectivity index (χ4n) is 5.19. The summed E-state index contributed by atoms with van der Waals surface area (Å²) >= 11 is 6.27. The lowest BCUT2D eigenvalue weighted by atomic mass is 9.75. The Balaban J connectivity index is 1.73. The van der Waals surface area contributed by atoms with Crippen molar-refractivity contribution < 1.29 is 24.6 Å². The van der Waals surface area contributed by atoms with Crippen molar-refractivity contribution in [1.29, 1.82) is 0 Å². The first kappa shape index (κ1) is 22.1. The highest BCUT2D eigenvalue weighted by Gasteiger charge is 2.69. The van der Waals surface area contributed by atoms with E-state index in [2.05, 4.69) is 5.32 Å². The molecule has 2 aliphatic heterocycles. The molecule has 172 valence electrons. The lowest BCUT2D eigenvalue weighted by molar-refractivity contribution is -0.149. The molecular formula is C26H21ClN2O5. The van der Waals surface area contributed by atoms with Crippen LogP contribution in [0.2, 0.25) is 5.02 Å². The summed E-state index contributed by atoms with van der Waals surface area (Å²) in [7, 11) is 0. The molecule has 0 aromatic heterocycles. The van der Waals surface area contributed by atoms with Crippen LogP contribution in [0.5, 0.6) is 5.75 Å². The van der Waals surface area contributed by atoms with Crippen LogP contribution in [0.1, 0.15) is 22.7 Å². The number of benzene rings is 3. The fraction of sp³-hybridized carbons (Fsp3) is 0.192. The number of carbonyl (C=O) groups is 3. The maximum absolute atomic E-state index is 13.8. The second-order valence-electron chi connectivity index (χ2n) is 8.61. The number of aliphatic carboxylic acids is 1. The van der Waals surface area contributed by atoms with Gasteiger partial charge in [0, 0.05) is 16.6 Å². The molecule has 4 unspecified atom stereocenters. The van der Waals surface area contributed by atoms with Gasteiger partial charge in [-0.25, -0.2) is 9.69 Å². The number of aryl methyl sites for hydroxylation is 1. The zero-order valence-corrected chi connectivity index (χ0v) is 18.9. The molecule has 2 heterocycles. The Morgan fingerprint density at radius 2 is 1.68 bits per heavy atom. The minimum atomic E-state index is -1.88. The van der Waals surface area contributed by atoms with Crippen molar-refractivity contribution in [2.45, 2.75) is 18.5 Å². The highest BCUT2D eigenvalue weighted by molar-refractivity contribution is 6.32. The zero-order valence-electron chi connectivity index (χ0n) is 18.1. The van der Waals surface area contributed by atoms with Gasteiger partial charge in [0.2, 0.25) is 11.8 Å². The molecule has 0 saturated carbocycles. The van der Waals surface area contributed by atoms with Gasteiger partial charge in [-0.3, -0.25) is 14.9 Å². The van der Waals surface area contributed by atoms with Crippen LogP contribution >= 0.6 is 11.6 Å². The molecule has 0 aliphatic carbocycles. The summed E-state index contributed by atoms with van der Waals surface area (Å²) in [4.78, 5) is 41.5. The summed E-state index contributed by atoms with van der Waals surface area (Å²) in [6, 6.07) is 18.7. The number of phenols is 1. The minimum Gasteiger partial charge on any atom is -0.508 e. The van der Waals surface area contributed by atoms with Gasteiger partial charge in [0.05, 0.1) is 17.5 Å². The van der Waals surface area contributed by atoms with E-state index in [-0.39, 0.29) is 11.4 Å². The number of para-hydroxylation sites is 1. The zero-order chi connectivity index (χ0) is 24.2. The maximum Gasteiger partial charge on any atom is 0.329 e. The second kappa shape index (κ2) is 7.97. The number of carboxylic acid groups (broad SMARTS) is 1. The summed E-state index contributed by atoms with van der Waals surface area (Å²) in [5, 5.41) is 24.5. The second-order valence-corrected chi connectivity index (χ2v) is 9.02. The van der Waals surface area contributed by atoms with Gasteiger partial charge >= 0.3 is 5.97 Å². The first-order valence-electron chi connectivity index (χ1n) is 10.8. The van der Waals surface area contributed by atoms with Crippen molar-refractivity contribution in [3.8, 4) is 5.75 Å². The average Bonchev–Trinajstić information content (AvgIpc) is 3.31. The predicted octanol–water partition coefficient (Wildman–Crippen LogP) is 3.78. The number of carboxylic acids is 1. The van der Waals surface area contributed by atoms with Crippen LogP contribution in [0.15, 0.2) is 72.8 Å². The Kier molecular flexibility index (Phi) is 5.19. The van der Waals surface area contributed by atoms with Gasteiger partial charge in [0.25, 0.3) is 0 Å². The number of amides is 2. The third-order valence-electron chi connectivity index (χ3n) is 6.81. The van der Waals surface area contributed by atoms with E-state index in [1.165, 1.54) is 12.1 Å². The largest absolute Gasteiger partial charge is 0.508 e. The number of carbonyl (C=O) groups excluding carboxylic acids is 2. The van der Waals surface area contributed by atoms with Crippen molar-refractivity contribution in [2.75, 3.05) is 4.90 Å². The molecule has 3 aromatic rings. The van der Waals surface area contributed by atoms with E-state index in [4.69, 9.17) is 11.6 Å². The molecule has 5 rings (SSSR count). The molecule has 2 saturated heterocycles. The Labute approximate surface area is 200 Å². The number of nitrogens with one attached hydrogen (secondary N) is 1. The topological polar surface area (TPSA) is 107 Å². The van der Waals surface area contributed by atoms with Gasteiger partial charge in [-0.2, -0.15) is 0 Å². The van der Waals surface area contributed by atoms with Crippen molar-refractivity contribution in [3.63, 3.8) is 0 Å². The summed E-state index contributed by atoms with van der Waals surface area (Å²) in [5.74, 6) is -4.86. The minimum absolute atomic E-state index is 0.0925. The van der Waals surface area contributed by atoms with Gasteiger partial charge in [0.15, 0.2) is 5.54 Å². The molecule has 2 aliphatic rings. The smallest absolute Gasteiger partial charge is 0.329 e. The van der Waals surface area contributed by atoms with Gasteiger partial charge in [0.1, 0.15) is 5.75 Å². The number of hydrogen-bond donors (Lipinski definition) is 3. The number of rotatable bonds is 4. The first-order valence-corrected chi connectivity index (χ1v) is 11.1. The number of hydrogen-bond acceptors (Lipinski definition) is 5. The van der Waals surface area contributed by atoms with Crippen LogP contribution in [0.4, 0.5) is 5.69 Å². The average molecular weight is 477 g/mol. The fourth-order valence-corrected chi connectivity index (χ4v) is 5.36. The number of aromatic hydroxyl groups is 1. The molecule has 8 heteroatoms. The van der Waals surface area contributed by atoms with Gasteiger partial charge in [-0.15, -0.1) is 0 Å². The monoisotopic (exact) mass is 476 g/mol. The van der Waals surface area contributed by atoms with Gasteiger partial charge in [-0.1, -0.05) is 66.2 Å². The van der Waals surface area contributed by atoms with Gasteiger partial charge < -0.3 is 10.2 Å². The summed E-state index contributed by atoms with van der Waals surface area (Å²) in [6.07, 6.45) is 0. The highest BCUT2D eigenvalue weighted by atomic mass is 35.5. The van der Waals surface area contributed by atoms with Crippen LogP contribution in [0.3, 0.4) is 0 Å². The molecule has 0 bridgehead atoms. The lowest BCUT2D eigenvalue weighted by Gasteiger charge is -2.31. The number of halogens is 1. The van der Waals surface area contributed by atoms with Crippen LogP contribution < -0.4 is 10.2 Å². The molecule has 4 atom stereocenters. The van der Waals surface area contributed by atoms with E-state index in [1.54, 1.807) is 67.6 Å². The molecule has 3 N–H and O–H groups in total. The van der Waals surface area contributed by atoms with E-state index >= 15 is 0 Å². The molecule has 7 nitrogen and oxygen atoms in total. The molecule has 2 amide bonds. The van der Waals surface area contributed by atoms with Crippen molar-refractivity contribution in [2.24, 2.45) is 11.8 Å².